The first-order valence-corrected chi connectivity index (χ1v) is 12.5. The Morgan fingerprint density at radius 2 is 1.94 bits per heavy atom. The summed E-state index contributed by atoms with van der Waals surface area (Å²) < 4.78 is 33.7. The molecule has 2 amide bonds. The summed E-state index contributed by atoms with van der Waals surface area (Å²) >= 11 is 1.63. The topological polar surface area (TPSA) is 49.9 Å². The normalized spacial score (nSPS) is 15.1. The van der Waals surface area contributed by atoms with Gasteiger partial charge in [-0.05, 0) is 59.7 Å². The Bertz CT molecular complexity index is 1200. The van der Waals surface area contributed by atoms with Crippen LogP contribution in [-0.2, 0) is 11.2 Å². The lowest BCUT2D eigenvalue weighted by Crippen LogP contribution is -2.48. The number of thiophene rings is 1. The van der Waals surface area contributed by atoms with Crippen LogP contribution < -0.4 is 4.74 Å². The number of para-hydroxylation sites is 1. The number of carbonyl (C=O) groups excluding carboxylic acids is 2. The molecule has 0 spiro atoms. The van der Waals surface area contributed by atoms with E-state index in [9.17, 15) is 18.4 Å². The number of halogens is 2. The Balaban J connectivity index is 1.55. The number of nitrogens with zero attached hydrogens (tertiary/aromatic N) is 2. The van der Waals surface area contributed by atoms with E-state index in [1.807, 2.05) is 25.3 Å². The van der Waals surface area contributed by atoms with Crippen LogP contribution in [0.1, 0.15) is 40.7 Å². The smallest absolute Gasteiger partial charge is 0.254 e. The van der Waals surface area contributed by atoms with Crippen LogP contribution in [-0.4, -0.2) is 47.9 Å². The second-order valence-electron chi connectivity index (χ2n) is 8.98. The Hall–Kier alpha value is -3.26. The van der Waals surface area contributed by atoms with Gasteiger partial charge in [0.25, 0.3) is 5.91 Å². The van der Waals surface area contributed by atoms with Crippen LogP contribution in [0.3, 0.4) is 0 Å². The molecule has 35 heavy (non-hydrogen) atoms. The molecule has 0 bridgehead atoms. The summed E-state index contributed by atoms with van der Waals surface area (Å²) in [5.74, 6) is -1.34. The number of ether oxygens (including phenoxy) is 1. The number of hydrogen-bond donors (Lipinski definition) is 0. The summed E-state index contributed by atoms with van der Waals surface area (Å²) in [7, 11) is 0. The Labute approximate surface area is 207 Å². The molecule has 1 atom stereocenters. The van der Waals surface area contributed by atoms with Crippen molar-refractivity contribution in [1.29, 1.82) is 0 Å². The predicted molar refractivity (Wildman–Crippen MR) is 132 cm³/mol. The zero-order valence-corrected chi connectivity index (χ0v) is 20.6. The van der Waals surface area contributed by atoms with E-state index < -0.39 is 17.7 Å². The maximum atomic E-state index is 14.1. The average molecular weight is 499 g/mol. The number of benzene rings is 2. The maximum Gasteiger partial charge on any atom is 0.254 e. The van der Waals surface area contributed by atoms with Crippen LogP contribution in [0, 0.1) is 17.6 Å². The summed E-state index contributed by atoms with van der Waals surface area (Å²) in [5, 5.41) is 1.98. The molecule has 1 aliphatic heterocycles. The summed E-state index contributed by atoms with van der Waals surface area (Å²) in [6, 6.07) is 13.2. The van der Waals surface area contributed by atoms with Crippen molar-refractivity contribution in [3.05, 3.63) is 87.6 Å². The zero-order valence-electron chi connectivity index (χ0n) is 19.7. The van der Waals surface area contributed by atoms with Crippen LogP contribution >= 0.6 is 11.3 Å². The molecule has 0 radical (unpaired) electrons. The van der Waals surface area contributed by atoms with Crippen LogP contribution in [0.2, 0.25) is 0 Å². The number of fused-ring (bicyclic) bond motifs is 1. The zero-order chi connectivity index (χ0) is 24.9. The van der Waals surface area contributed by atoms with Gasteiger partial charge >= 0.3 is 0 Å². The minimum Gasteiger partial charge on any atom is -0.488 e. The van der Waals surface area contributed by atoms with Crippen molar-refractivity contribution in [1.82, 2.24) is 9.80 Å². The Morgan fingerprint density at radius 3 is 2.69 bits per heavy atom. The Morgan fingerprint density at radius 1 is 1.14 bits per heavy atom. The first kappa shape index (κ1) is 24.9. The minimum absolute atomic E-state index is 0.0957. The lowest BCUT2D eigenvalue weighted by Gasteiger charge is -2.37. The maximum absolute atomic E-state index is 14.1. The van der Waals surface area contributed by atoms with E-state index in [1.165, 1.54) is 34.0 Å². The van der Waals surface area contributed by atoms with Gasteiger partial charge in [-0.15, -0.1) is 11.3 Å². The van der Waals surface area contributed by atoms with Crippen molar-refractivity contribution in [3.63, 3.8) is 0 Å². The monoisotopic (exact) mass is 498 g/mol. The highest BCUT2D eigenvalue weighted by Gasteiger charge is 2.34. The van der Waals surface area contributed by atoms with E-state index in [0.717, 1.165) is 5.56 Å². The molecule has 0 N–H and O–H groups in total. The van der Waals surface area contributed by atoms with Crippen LogP contribution in [0.5, 0.6) is 5.75 Å². The number of amides is 2. The first-order chi connectivity index (χ1) is 16.8. The van der Waals surface area contributed by atoms with Crippen LogP contribution in [0.15, 0.2) is 60.0 Å². The third kappa shape index (κ3) is 5.88. The van der Waals surface area contributed by atoms with E-state index in [1.54, 1.807) is 40.5 Å². The molecule has 1 aromatic heterocycles. The largest absolute Gasteiger partial charge is 0.488 e. The molecule has 0 unspecified atom stereocenters. The van der Waals surface area contributed by atoms with Gasteiger partial charge < -0.3 is 14.5 Å². The van der Waals surface area contributed by atoms with Gasteiger partial charge in [0.15, 0.2) is 11.6 Å². The molecule has 2 aromatic carbocycles. The van der Waals surface area contributed by atoms with Gasteiger partial charge in [0, 0.05) is 23.5 Å². The fourth-order valence-electron chi connectivity index (χ4n) is 4.32. The summed E-state index contributed by atoms with van der Waals surface area (Å²) in [4.78, 5) is 31.1. The lowest BCUT2D eigenvalue weighted by molar-refractivity contribution is -0.135. The molecular formula is C27H28F2N2O3S. The average Bonchev–Trinajstić information content (AvgIpc) is 3.31. The van der Waals surface area contributed by atoms with Crippen molar-refractivity contribution in [3.8, 4) is 5.75 Å². The molecule has 0 saturated heterocycles. The van der Waals surface area contributed by atoms with Gasteiger partial charge in [0.2, 0.25) is 5.91 Å². The van der Waals surface area contributed by atoms with Crippen molar-refractivity contribution >= 4 is 23.2 Å². The lowest BCUT2D eigenvalue weighted by atomic mass is 10.00. The quantitative estimate of drug-likeness (QED) is 0.422. The summed E-state index contributed by atoms with van der Waals surface area (Å²) in [6.45, 7) is 4.71. The van der Waals surface area contributed by atoms with E-state index in [-0.39, 0.29) is 42.2 Å². The highest BCUT2D eigenvalue weighted by Crippen LogP contribution is 2.34. The van der Waals surface area contributed by atoms with Gasteiger partial charge in [0.1, 0.15) is 19.0 Å². The summed E-state index contributed by atoms with van der Waals surface area (Å²) in [5.41, 5.74) is 1.19. The molecule has 0 saturated carbocycles. The number of hydrogen-bond acceptors (Lipinski definition) is 4. The van der Waals surface area contributed by atoms with Crippen molar-refractivity contribution < 1.29 is 23.1 Å². The molecule has 0 aliphatic carbocycles. The molecule has 184 valence electrons. The third-order valence-electron chi connectivity index (χ3n) is 5.92. The number of rotatable bonds is 8. The van der Waals surface area contributed by atoms with Crippen molar-refractivity contribution in [2.75, 3.05) is 26.2 Å². The highest BCUT2D eigenvalue weighted by molar-refractivity contribution is 7.10. The van der Waals surface area contributed by atoms with Gasteiger partial charge in [-0.25, -0.2) is 8.78 Å². The van der Waals surface area contributed by atoms with E-state index in [0.29, 0.717) is 19.5 Å². The molecule has 5 nitrogen and oxygen atoms in total. The van der Waals surface area contributed by atoms with Crippen LogP contribution in [0.25, 0.3) is 0 Å². The Kier molecular flexibility index (Phi) is 7.80. The molecule has 1 aliphatic rings. The SMILES string of the molecule is CC(C)CN(CC(=O)N1CCc2sccc2[C@@H]1COc1ccccc1F)C(=O)c1cccc(F)c1. The van der Waals surface area contributed by atoms with Crippen molar-refractivity contribution in [2.45, 2.75) is 26.3 Å². The predicted octanol–water partition coefficient (Wildman–Crippen LogP) is 5.33. The van der Waals surface area contributed by atoms with Gasteiger partial charge in [-0.2, -0.15) is 0 Å². The highest BCUT2D eigenvalue weighted by atomic mass is 32.1. The summed E-state index contributed by atoms with van der Waals surface area (Å²) in [6.07, 6.45) is 0.705. The van der Waals surface area contributed by atoms with E-state index >= 15 is 0 Å². The van der Waals surface area contributed by atoms with Crippen LogP contribution in [0.4, 0.5) is 8.78 Å². The minimum atomic E-state index is -0.502. The molecule has 0 fully saturated rings. The second-order valence-corrected chi connectivity index (χ2v) is 9.98. The van der Waals surface area contributed by atoms with Gasteiger partial charge in [0.05, 0.1) is 6.04 Å². The first-order valence-electron chi connectivity index (χ1n) is 11.6. The molecule has 3 aromatic rings. The van der Waals surface area contributed by atoms with E-state index in [2.05, 4.69) is 0 Å². The van der Waals surface area contributed by atoms with Crippen molar-refractivity contribution in [2.24, 2.45) is 5.92 Å². The third-order valence-corrected chi connectivity index (χ3v) is 6.92. The molecule has 4 rings (SSSR count). The standard InChI is InChI=1S/C27H28F2N2O3S/c1-18(2)15-30(27(33)19-6-5-7-20(28)14-19)16-26(32)31-12-10-25-21(11-13-35-25)23(31)17-34-24-9-4-3-8-22(24)29/h3-9,11,13-14,18,23H,10,12,15-17H2,1-2H3/t23-/m0/s1. The molecule has 8 heteroatoms. The fraction of sp³-hybridized carbons (Fsp3) is 0.333. The van der Waals surface area contributed by atoms with Gasteiger partial charge in [-0.1, -0.05) is 32.0 Å². The second kappa shape index (κ2) is 11.0. The fourth-order valence-corrected chi connectivity index (χ4v) is 5.25. The molecular weight excluding hydrogens is 470 g/mol. The van der Waals surface area contributed by atoms with Gasteiger partial charge in [-0.3, -0.25) is 9.59 Å². The molecule has 2 heterocycles. The number of carbonyl (C=O) groups is 2. The van der Waals surface area contributed by atoms with E-state index in [4.69, 9.17) is 4.74 Å².